The highest BCUT2D eigenvalue weighted by molar-refractivity contribution is 6.34. The van der Waals surface area contributed by atoms with Crippen LogP contribution in [0.5, 0.6) is 0 Å². The molecule has 2 rings (SSSR count). The van der Waals surface area contributed by atoms with E-state index in [9.17, 15) is 0 Å². The van der Waals surface area contributed by atoms with Crippen molar-refractivity contribution >= 4 is 23.2 Å². The van der Waals surface area contributed by atoms with E-state index in [1.807, 2.05) is 12.1 Å². The molecule has 3 nitrogen and oxygen atoms in total. The summed E-state index contributed by atoms with van der Waals surface area (Å²) in [4.78, 5) is 7.13. The van der Waals surface area contributed by atoms with Crippen LogP contribution in [-0.4, -0.2) is 9.97 Å². The van der Waals surface area contributed by atoms with Gasteiger partial charge in [0, 0.05) is 34.9 Å². The third kappa shape index (κ3) is 2.76. The largest absolute Gasteiger partial charge is 0.349 e. The van der Waals surface area contributed by atoms with Crippen molar-refractivity contribution in [3.05, 3.63) is 52.0 Å². The van der Waals surface area contributed by atoms with E-state index in [0.29, 0.717) is 16.5 Å². The fourth-order valence-corrected chi connectivity index (χ4v) is 2.07. The SMILES string of the molecule is NC(Cc1ncc[nH]1)c1cc(Cl)cc(Cl)c1. The predicted molar refractivity (Wildman–Crippen MR) is 65.7 cm³/mol. The first-order valence-electron chi connectivity index (χ1n) is 4.85. The van der Waals surface area contributed by atoms with Crippen molar-refractivity contribution in [3.63, 3.8) is 0 Å². The van der Waals surface area contributed by atoms with E-state index in [2.05, 4.69) is 9.97 Å². The summed E-state index contributed by atoms with van der Waals surface area (Å²) in [6.45, 7) is 0. The molecule has 1 heterocycles. The minimum absolute atomic E-state index is 0.164. The van der Waals surface area contributed by atoms with Gasteiger partial charge in [0.25, 0.3) is 0 Å². The summed E-state index contributed by atoms with van der Waals surface area (Å²) in [5.74, 6) is 0.851. The molecule has 1 unspecified atom stereocenters. The van der Waals surface area contributed by atoms with Gasteiger partial charge in [0.2, 0.25) is 0 Å². The zero-order valence-electron chi connectivity index (χ0n) is 8.45. The van der Waals surface area contributed by atoms with Crippen LogP contribution in [0.2, 0.25) is 10.0 Å². The molecule has 0 saturated heterocycles. The lowest BCUT2D eigenvalue weighted by atomic mass is 10.0. The van der Waals surface area contributed by atoms with Gasteiger partial charge in [-0.15, -0.1) is 0 Å². The quantitative estimate of drug-likeness (QED) is 0.886. The predicted octanol–water partition coefficient (Wildman–Crippen LogP) is 2.96. The lowest BCUT2D eigenvalue weighted by Crippen LogP contribution is -2.14. The molecule has 2 aromatic rings. The molecule has 16 heavy (non-hydrogen) atoms. The van der Waals surface area contributed by atoms with E-state index >= 15 is 0 Å². The van der Waals surface area contributed by atoms with E-state index in [4.69, 9.17) is 28.9 Å². The summed E-state index contributed by atoms with van der Waals surface area (Å²) >= 11 is 11.8. The number of halogens is 2. The van der Waals surface area contributed by atoms with Crippen LogP contribution < -0.4 is 5.73 Å². The summed E-state index contributed by atoms with van der Waals surface area (Å²) < 4.78 is 0. The minimum Gasteiger partial charge on any atom is -0.349 e. The first-order valence-corrected chi connectivity index (χ1v) is 5.60. The van der Waals surface area contributed by atoms with Gasteiger partial charge in [-0.05, 0) is 23.8 Å². The molecule has 84 valence electrons. The Kier molecular flexibility index (Phi) is 3.49. The molecular formula is C11H11Cl2N3. The van der Waals surface area contributed by atoms with Gasteiger partial charge in [0.1, 0.15) is 5.82 Å². The maximum absolute atomic E-state index is 6.05. The Morgan fingerprint density at radius 3 is 2.50 bits per heavy atom. The van der Waals surface area contributed by atoms with Crippen LogP contribution in [0.15, 0.2) is 30.6 Å². The second-order valence-corrected chi connectivity index (χ2v) is 4.42. The Morgan fingerprint density at radius 2 is 1.94 bits per heavy atom. The molecule has 0 radical (unpaired) electrons. The van der Waals surface area contributed by atoms with Crippen LogP contribution in [0.1, 0.15) is 17.4 Å². The third-order valence-electron chi connectivity index (χ3n) is 2.28. The van der Waals surface area contributed by atoms with Crippen molar-refractivity contribution < 1.29 is 0 Å². The number of hydrogen-bond acceptors (Lipinski definition) is 2. The highest BCUT2D eigenvalue weighted by Gasteiger charge is 2.10. The standard InChI is InChI=1S/C11H11Cl2N3/c12-8-3-7(4-9(13)5-8)10(14)6-11-15-1-2-16-11/h1-5,10H,6,14H2,(H,15,16). The molecule has 0 bridgehead atoms. The van der Waals surface area contributed by atoms with Gasteiger partial charge in [-0.3, -0.25) is 0 Å². The second-order valence-electron chi connectivity index (χ2n) is 3.55. The number of aromatic nitrogens is 2. The zero-order chi connectivity index (χ0) is 11.5. The summed E-state index contributed by atoms with van der Waals surface area (Å²) in [5, 5.41) is 1.19. The minimum atomic E-state index is -0.164. The van der Waals surface area contributed by atoms with E-state index in [-0.39, 0.29) is 6.04 Å². The summed E-state index contributed by atoms with van der Waals surface area (Å²) in [7, 11) is 0. The van der Waals surface area contributed by atoms with E-state index < -0.39 is 0 Å². The van der Waals surface area contributed by atoms with Crippen LogP contribution in [0, 0.1) is 0 Å². The van der Waals surface area contributed by atoms with Gasteiger partial charge in [0.15, 0.2) is 0 Å². The molecule has 1 aromatic heterocycles. The van der Waals surface area contributed by atoms with Gasteiger partial charge in [-0.1, -0.05) is 23.2 Å². The van der Waals surface area contributed by atoms with E-state index in [0.717, 1.165) is 11.4 Å². The molecule has 0 spiro atoms. The molecule has 0 fully saturated rings. The Bertz CT molecular complexity index is 448. The van der Waals surface area contributed by atoms with Gasteiger partial charge in [-0.2, -0.15) is 0 Å². The summed E-state index contributed by atoms with van der Waals surface area (Å²) in [5.41, 5.74) is 6.96. The lowest BCUT2D eigenvalue weighted by molar-refractivity contribution is 0.694. The highest BCUT2D eigenvalue weighted by atomic mass is 35.5. The smallest absolute Gasteiger partial charge is 0.107 e. The lowest BCUT2D eigenvalue weighted by Gasteiger charge is -2.11. The number of aromatic amines is 1. The molecular weight excluding hydrogens is 245 g/mol. The van der Waals surface area contributed by atoms with Gasteiger partial charge in [0.05, 0.1) is 0 Å². The molecule has 0 amide bonds. The molecule has 5 heteroatoms. The normalized spacial score (nSPS) is 12.7. The van der Waals surface area contributed by atoms with Crippen LogP contribution in [0.3, 0.4) is 0 Å². The topological polar surface area (TPSA) is 54.7 Å². The molecule has 0 aliphatic carbocycles. The molecule has 0 aliphatic heterocycles. The summed E-state index contributed by atoms with van der Waals surface area (Å²) in [6.07, 6.45) is 4.10. The number of nitrogens with two attached hydrogens (primary N) is 1. The average Bonchev–Trinajstić information content (AvgIpc) is 2.68. The summed E-state index contributed by atoms with van der Waals surface area (Å²) in [6, 6.07) is 5.16. The molecule has 0 saturated carbocycles. The Balaban J connectivity index is 2.17. The second kappa shape index (κ2) is 4.87. The number of rotatable bonds is 3. The molecule has 0 aliphatic rings. The Labute approximate surface area is 104 Å². The molecule has 3 N–H and O–H groups in total. The Hall–Kier alpha value is -1.03. The van der Waals surface area contributed by atoms with Crippen molar-refractivity contribution in [1.29, 1.82) is 0 Å². The van der Waals surface area contributed by atoms with Gasteiger partial charge in [-0.25, -0.2) is 4.98 Å². The number of H-pyrrole nitrogens is 1. The first kappa shape index (κ1) is 11.5. The van der Waals surface area contributed by atoms with Crippen molar-refractivity contribution in [2.24, 2.45) is 5.73 Å². The van der Waals surface area contributed by atoms with Crippen LogP contribution in [-0.2, 0) is 6.42 Å². The maximum atomic E-state index is 6.05. The monoisotopic (exact) mass is 255 g/mol. The molecule has 1 atom stereocenters. The third-order valence-corrected chi connectivity index (χ3v) is 2.72. The van der Waals surface area contributed by atoms with Crippen molar-refractivity contribution in [1.82, 2.24) is 9.97 Å². The number of imidazole rings is 1. The van der Waals surface area contributed by atoms with E-state index in [1.165, 1.54) is 0 Å². The van der Waals surface area contributed by atoms with Crippen LogP contribution >= 0.6 is 23.2 Å². The van der Waals surface area contributed by atoms with Gasteiger partial charge < -0.3 is 10.7 Å². The Morgan fingerprint density at radius 1 is 1.25 bits per heavy atom. The van der Waals surface area contributed by atoms with Crippen LogP contribution in [0.25, 0.3) is 0 Å². The number of benzene rings is 1. The van der Waals surface area contributed by atoms with Crippen molar-refractivity contribution in [3.8, 4) is 0 Å². The van der Waals surface area contributed by atoms with Crippen LogP contribution in [0.4, 0.5) is 0 Å². The van der Waals surface area contributed by atoms with Crippen molar-refractivity contribution in [2.45, 2.75) is 12.5 Å². The van der Waals surface area contributed by atoms with E-state index in [1.54, 1.807) is 18.5 Å². The fourth-order valence-electron chi connectivity index (χ4n) is 1.52. The average molecular weight is 256 g/mol. The number of nitrogens with zero attached hydrogens (tertiary/aromatic N) is 1. The van der Waals surface area contributed by atoms with Crippen molar-refractivity contribution in [2.75, 3.05) is 0 Å². The highest BCUT2D eigenvalue weighted by Crippen LogP contribution is 2.23. The van der Waals surface area contributed by atoms with Gasteiger partial charge >= 0.3 is 0 Å². The fraction of sp³-hybridized carbons (Fsp3) is 0.182. The first-order chi connectivity index (χ1) is 7.65. The maximum Gasteiger partial charge on any atom is 0.107 e. The zero-order valence-corrected chi connectivity index (χ0v) is 9.96. The molecule has 1 aromatic carbocycles. The number of hydrogen-bond donors (Lipinski definition) is 2. The number of nitrogens with one attached hydrogen (secondary N) is 1.